The van der Waals surface area contributed by atoms with Gasteiger partial charge in [0.2, 0.25) is 5.78 Å². The van der Waals surface area contributed by atoms with Gasteiger partial charge in [-0.05, 0) is 64.3 Å². The number of Topliss-reactive ketones (excluding diaryl/α,β-unsaturated/α-hetero) is 3. The average molecular weight is 579 g/mol. The molecule has 1 heterocycles. The van der Waals surface area contributed by atoms with Gasteiger partial charge >= 0.3 is 6.18 Å². The second kappa shape index (κ2) is 9.40. The molecule has 1 aliphatic heterocycles. The van der Waals surface area contributed by atoms with Crippen LogP contribution in [0.2, 0.25) is 0 Å². The highest BCUT2D eigenvalue weighted by Gasteiger charge is 2.63. The van der Waals surface area contributed by atoms with Crippen molar-refractivity contribution in [1.82, 2.24) is 9.80 Å². The maximum atomic E-state index is 14.7. The lowest BCUT2D eigenvalue weighted by Crippen LogP contribution is -2.63. The molecule has 0 fully saturated rings. The van der Waals surface area contributed by atoms with Gasteiger partial charge in [0, 0.05) is 36.2 Å². The summed E-state index contributed by atoms with van der Waals surface area (Å²) in [6.45, 7) is 4.70. The van der Waals surface area contributed by atoms with E-state index in [1.807, 2.05) is 13.8 Å². The van der Waals surface area contributed by atoms with Crippen molar-refractivity contribution in [2.45, 2.75) is 77.0 Å². The van der Waals surface area contributed by atoms with Crippen molar-refractivity contribution in [3.8, 4) is 5.75 Å². The zero-order chi connectivity index (χ0) is 30.5. The van der Waals surface area contributed by atoms with Crippen LogP contribution in [0.5, 0.6) is 5.75 Å². The number of alkyl halides is 3. The molecule has 0 amide bonds. The van der Waals surface area contributed by atoms with E-state index in [4.69, 9.17) is 0 Å². The number of allylic oxidation sites excluding steroid dienone is 1. The molecule has 41 heavy (non-hydrogen) atoms. The van der Waals surface area contributed by atoms with Crippen LogP contribution in [0.4, 0.5) is 13.2 Å². The van der Waals surface area contributed by atoms with Crippen LogP contribution < -0.4 is 0 Å². The van der Waals surface area contributed by atoms with E-state index in [1.165, 1.54) is 19.0 Å². The first kappa shape index (κ1) is 29.3. The second-order valence-corrected chi connectivity index (χ2v) is 11.8. The molecule has 0 radical (unpaired) electrons. The molecule has 5 atom stereocenters. The highest BCUT2D eigenvalue weighted by atomic mass is 19.4. The van der Waals surface area contributed by atoms with E-state index >= 15 is 0 Å². The maximum absolute atomic E-state index is 14.7. The van der Waals surface area contributed by atoms with Crippen molar-refractivity contribution in [3.05, 3.63) is 50.5 Å². The first-order chi connectivity index (χ1) is 19.0. The summed E-state index contributed by atoms with van der Waals surface area (Å²) in [5.74, 6) is -7.88. The smallest absolute Gasteiger partial charge is 0.417 e. The fraction of sp³-hybridized carbons (Fsp3) is 0.552. The van der Waals surface area contributed by atoms with E-state index in [2.05, 4.69) is 0 Å². The number of phenols is 1. The molecule has 4 aliphatic rings. The first-order valence-corrected chi connectivity index (χ1v) is 13.5. The summed E-state index contributed by atoms with van der Waals surface area (Å²) in [7, 11) is 3.03. The van der Waals surface area contributed by atoms with Crippen molar-refractivity contribution in [3.63, 3.8) is 0 Å². The number of carbonyl (C=O) groups is 3. The number of phenolic OH excluding ortho intramolecular Hbond substituents is 1. The number of nitrogens with zero attached hydrogens (tertiary/aromatic N) is 2. The van der Waals surface area contributed by atoms with Gasteiger partial charge in [-0.2, -0.15) is 13.2 Å². The molecule has 0 aromatic heterocycles. The standard InChI is InChI=1S/C29H33F3N2O7/c1-6-11(2)34-9-15-16(10-34)23(36)20-14(21(15)29(30,31)32)7-13-8-17-22(33(4)5)25(38)18(12(3)35)26(39)28(17,41)27(40)19(13)24(20)37/h11,13,17,22,36,38,40-41H,6-10H2,1-5H3/t11-,13+,17+,22+,28-/m1/s1. The van der Waals surface area contributed by atoms with E-state index < -0.39 is 93.0 Å². The van der Waals surface area contributed by atoms with Crippen molar-refractivity contribution >= 4 is 17.3 Å². The Morgan fingerprint density at radius 1 is 1.12 bits per heavy atom. The van der Waals surface area contributed by atoms with Crippen molar-refractivity contribution in [1.29, 1.82) is 0 Å². The van der Waals surface area contributed by atoms with Crippen molar-refractivity contribution in [2.75, 3.05) is 14.1 Å². The number of benzene rings is 1. The quantitative estimate of drug-likeness (QED) is 0.396. The van der Waals surface area contributed by atoms with Crippen LogP contribution in [0.25, 0.3) is 0 Å². The third-order valence-electron chi connectivity index (χ3n) is 9.43. The molecule has 1 aromatic rings. The molecule has 4 N–H and O–H groups in total. The van der Waals surface area contributed by atoms with Gasteiger partial charge in [-0.1, -0.05) is 6.92 Å². The lowest BCUT2D eigenvalue weighted by atomic mass is 9.58. The molecule has 12 heteroatoms. The Balaban J connectivity index is 1.75. The van der Waals surface area contributed by atoms with Crippen molar-refractivity contribution in [2.24, 2.45) is 11.8 Å². The molecule has 0 unspecified atom stereocenters. The zero-order valence-electron chi connectivity index (χ0n) is 23.4. The minimum atomic E-state index is -4.85. The number of hydrogen-bond acceptors (Lipinski definition) is 9. The number of halogens is 3. The Morgan fingerprint density at radius 2 is 1.73 bits per heavy atom. The predicted molar refractivity (Wildman–Crippen MR) is 139 cm³/mol. The van der Waals surface area contributed by atoms with Gasteiger partial charge in [0.15, 0.2) is 17.2 Å². The number of ketones is 3. The lowest BCUT2D eigenvalue weighted by molar-refractivity contribution is -0.148. The van der Waals surface area contributed by atoms with Gasteiger partial charge in [0.25, 0.3) is 0 Å². The Kier molecular flexibility index (Phi) is 6.71. The zero-order valence-corrected chi connectivity index (χ0v) is 23.4. The Morgan fingerprint density at radius 3 is 2.27 bits per heavy atom. The molecule has 5 rings (SSSR count). The van der Waals surface area contributed by atoms with E-state index in [-0.39, 0.29) is 42.2 Å². The summed E-state index contributed by atoms with van der Waals surface area (Å²) < 4.78 is 44.1. The van der Waals surface area contributed by atoms with E-state index in [0.29, 0.717) is 6.42 Å². The first-order valence-electron chi connectivity index (χ1n) is 13.5. The van der Waals surface area contributed by atoms with Gasteiger partial charge in [0.05, 0.1) is 17.2 Å². The molecule has 9 nitrogen and oxygen atoms in total. The average Bonchev–Trinajstić information content (AvgIpc) is 3.29. The minimum Gasteiger partial charge on any atom is -0.510 e. The van der Waals surface area contributed by atoms with Crippen LogP contribution in [-0.2, 0) is 35.3 Å². The van der Waals surface area contributed by atoms with Crippen LogP contribution >= 0.6 is 0 Å². The van der Waals surface area contributed by atoms with Gasteiger partial charge in [-0.3, -0.25) is 24.2 Å². The third kappa shape index (κ3) is 3.90. The second-order valence-electron chi connectivity index (χ2n) is 11.8. The van der Waals surface area contributed by atoms with Gasteiger partial charge in [-0.25, -0.2) is 0 Å². The van der Waals surface area contributed by atoms with E-state index in [0.717, 1.165) is 6.92 Å². The Labute approximate surface area is 234 Å². The van der Waals surface area contributed by atoms with Crippen molar-refractivity contribution < 1.29 is 48.0 Å². The van der Waals surface area contributed by atoms with E-state index in [9.17, 15) is 48.0 Å². The summed E-state index contributed by atoms with van der Waals surface area (Å²) >= 11 is 0. The molecule has 222 valence electrons. The van der Waals surface area contributed by atoms with Crippen LogP contribution in [0.15, 0.2) is 22.7 Å². The summed E-state index contributed by atoms with van der Waals surface area (Å²) in [4.78, 5) is 42.9. The largest absolute Gasteiger partial charge is 0.510 e. The maximum Gasteiger partial charge on any atom is 0.417 e. The van der Waals surface area contributed by atoms with Crippen LogP contribution in [0, 0.1) is 11.8 Å². The van der Waals surface area contributed by atoms with Crippen LogP contribution in [-0.4, -0.2) is 79.4 Å². The number of rotatable bonds is 4. The van der Waals surface area contributed by atoms with E-state index in [1.54, 1.807) is 4.90 Å². The Bertz CT molecular complexity index is 1460. The predicted octanol–water partition coefficient (Wildman–Crippen LogP) is 3.36. The summed E-state index contributed by atoms with van der Waals surface area (Å²) in [6, 6.07) is -1.25. The van der Waals surface area contributed by atoms with Gasteiger partial charge < -0.3 is 20.4 Å². The number of aliphatic hydroxyl groups is 3. The van der Waals surface area contributed by atoms with Gasteiger partial charge in [-0.15, -0.1) is 0 Å². The van der Waals surface area contributed by atoms with Gasteiger partial charge in [0.1, 0.15) is 22.8 Å². The minimum absolute atomic E-state index is 0.00464. The normalized spacial score (nSPS) is 29.0. The molecule has 3 aliphatic carbocycles. The highest BCUT2D eigenvalue weighted by Crippen LogP contribution is 2.55. The van der Waals surface area contributed by atoms with Crippen LogP contribution in [0.1, 0.15) is 66.2 Å². The highest BCUT2D eigenvalue weighted by molar-refractivity contribution is 6.25. The molecule has 0 bridgehead atoms. The Hall–Kier alpha value is -3.22. The monoisotopic (exact) mass is 578 g/mol. The molecule has 0 saturated heterocycles. The molecule has 0 saturated carbocycles. The summed E-state index contributed by atoms with van der Waals surface area (Å²) in [6.07, 6.45) is -4.85. The third-order valence-corrected chi connectivity index (χ3v) is 9.43. The number of likely N-dealkylation sites (N-methyl/N-ethyl adjacent to an activating group) is 1. The lowest BCUT2D eigenvalue weighted by Gasteiger charge is -2.50. The number of aliphatic hydroxyl groups excluding tert-OH is 2. The SMILES string of the molecule is CC[C@@H](C)N1Cc2c(O)c3c(c(C(F)(F)F)c2C1)C[C@H]1C[C@H]2[C@H](N(C)C)C(O)=C(C(C)=O)C(=O)[C@@]2(O)C(O)=C1C3=O. The topological polar surface area (TPSA) is 139 Å². The summed E-state index contributed by atoms with van der Waals surface area (Å²) in [5, 5.41) is 45.3. The van der Waals surface area contributed by atoms with Crippen LogP contribution in [0.3, 0.4) is 0 Å². The number of aromatic hydroxyl groups is 1. The fourth-order valence-corrected chi connectivity index (χ4v) is 7.31. The number of carbonyl (C=O) groups excluding carboxylic acids is 3. The number of fused-ring (bicyclic) bond motifs is 4. The molecular weight excluding hydrogens is 545 g/mol. The summed E-state index contributed by atoms with van der Waals surface area (Å²) in [5.41, 5.74) is -6.03. The molecule has 0 spiro atoms. The molecule has 1 aromatic carbocycles. The fourth-order valence-electron chi connectivity index (χ4n) is 7.31. The molecular formula is C29H33F3N2O7. The number of hydrogen-bond donors (Lipinski definition) is 4.